The quantitative estimate of drug-likeness (QED) is 0.312. The lowest BCUT2D eigenvalue weighted by molar-refractivity contribution is -0.518. The predicted octanol–water partition coefficient (Wildman–Crippen LogP) is 3.98. The molecule has 0 atom stereocenters. The van der Waals surface area contributed by atoms with E-state index in [2.05, 4.69) is 29.7 Å². The van der Waals surface area contributed by atoms with E-state index < -0.39 is 5.97 Å². The molecule has 6 heteroatoms. The first kappa shape index (κ1) is 17.4. The van der Waals surface area contributed by atoms with Crippen molar-refractivity contribution in [3.63, 3.8) is 0 Å². The number of carboxylic acids is 1. The summed E-state index contributed by atoms with van der Waals surface area (Å²) in [7, 11) is 0. The van der Waals surface area contributed by atoms with Gasteiger partial charge in [0, 0.05) is 0 Å². The van der Waals surface area contributed by atoms with Gasteiger partial charge in [-0.25, -0.2) is 4.79 Å². The Hall–Kier alpha value is -2.63. The Bertz CT molecular complexity index is 548. The molecule has 0 aromatic heterocycles. The highest BCUT2D eigenvalue weighted by molar-refractivity contribution is 5.87. The Morgan fingerprint density at radius 3 is 2.59 bits per heavy atom. The number of hydrogen-bond donors (Lipinski definition) is 2. The molecule has 2 N–H and O–H groups in total. The van der Waals surface area contributed by atoms with Crippen LogP contribution in [0.1, 0.15) is 36.5 Å². The third kappa shape index (κ3) is 7.23. The number of nitrogens with zero attached hydrogens (tertiary/aromatic N) is 2. The number of allylic oxidation sites excluding steroid dienone is 3. The molecule has 0 radical (unpaired) electrons. The van der Waals surface area contributed by atoms with Crippen LogP contribution in [0.3, 0.4) is 0 Å². The minimum Gasteiger partial charge on any atom is -0.696 e. The largest absolute Gasteiger partial charge is 0.696 e. The number of hydroxylamine groups is 1. The van der Waals surface area contributed by atoms with Crippen LogP contribution in [0.2, 0.25) is 0 Å². The molecule has 0 saturated carbocycles. The van der Waals surface area contributed by atoms with Crippen LogP contribution in [0.15, 0.2) is 53.8 Å². The van der Waals surface area contributed by atoms with Gasteiger partial charge in [0.2, 0.25) is 0 Å². The van der Waals surface area contributed by atoms with Crippen LogP contribution in [-0.4, -0.2) is 22.5 Å². The summed E-state index contributed by atoms with van der Waals surface area (Å²) in [5.74, 6) is -0.993. The van der Waals surface area contributed by atoms with Crippen molar-refractivity contribution in [1.29, 1.82) is 0 Å². The molecule has 1 aromatic rings. The van der Waals surface area contributed by atoms with E-state index in [1.807, 2.05) is 6.08 Å². The molecule has 118 valence electrons. The number of carbonyl (C=O) groups is 1. The van der Waals surface area contributed by atoms with Crippen molar-refractivity contribution in [2.24, 2.45) is 5.22 Å². The summed E-state index contributed by atoms with van der Waals surface area (Å²) in [4.78, 5) is 11.2. The summed E-state index contributed by atoms with van der Waals surface area (Å²) in [6, 6.07) is 5.99. The van der Waals surface area contributed by atoms with Gasteiger partial charge in [-0.3, -0.25) is 0 Å². The molecule has 0 aliphatic heterocycles. The van der Waals surface area contributed by atoms with E-state index in [-0.39, 0.29) is 12.1 Å². The van der Waals surface area contributed by atoms with E-state index in [4.69, 9.17) is 5.11 Å². The fraction of sp³-hybridized carbons (Fsp3) is 0.312. The van der Waals surface area contributed by atoms with Crippen molar-refractivity contribution in [3.8, 4) is 0 Å². The highest BCUT2D eigenvalue weighted by Crippen LogP contribution is 2.09. The Morgan fingerprint density at radius 1 is 1.27 bits per heavy atom. The third-order valence-electron chi connectivity index (χ3n) is 2.74. The van der Waals surface area contributed by atoms with Crippen LogP contribution in [0.25, 0.3) is 0 Å². The maximum Gasteiger partial charge on any atom is 0.335 e. The summed E-state index contributed by atoms with van der Waals surface area (Å²) >= 11 is 0. The molecule has 0 saturated heterocycles. The lowest BCUT2D eigenvalue weighted by Gasteiger charge is -2.02. The van der Waals surface area contributed by atoms with E-state index in [0.29, 0.717) is 10.5 Å². The van der Waals surface area contributed by atoms with Crippen molar-refractivity contribution in [3.05, 3.63) is 59.3 Å². The number of benzene rings is 1. The highest BCUT2D eigenvalue weighted by Gasteiger charge is 2.02. The number of carboxylic acid groups (broad SMARTS) is 1. The van der Waals surface area contributed by atoms with Crippen LogP contribution in [0.5, 0.6) is 0 Å². The van der Waals surface area contributed by atoms with E-state index in [1.165, 1.54) is 12.1 Å². The molecule has 22 heavy (non-hydrogen) atoms. The zero-order valence-electron chi connectivity index (χ0n) is 12.6. The third-order valence-corrected chi connectivity index (χ3v) is 2.74. The van der Waals surface area contributed by atoms with Gasteiger partial charge in [0.15, 0.2) is 0 Å². The van der Waals surface area contributed by atoms with E-state index in [0.717, 1.165) is 19.3 Å². The molecular formula is C16H21N3O3. The molecule has 0 bridgehead atoms. The summed E-state index contributed by atoms with van der Waals surface area (Å²) in [6.45, 7) is 2.28. The molecule has 0 aliphatic carbocycles. The van der Waals surface area contributed by atoms with Crippen LogP contribution in [0.4, 0.5) is 5.69 Å². The monoisotopic (exact) mass is 303 g/mol. The van der Waals surface area contributed by atoms with E-state index in [9.17, 15) is 10.0 Å². The minimum atomic E-state index is -0.993. The van der Waals surface area contributed by atoms with Crippen molar-refractivity contribution >= 4 is 11.7 Å². The Morgan fingerprint density at radius 2 is 1.95 bits per heavy atom. The van der Waals surface area contributed by atoms with Gasteiger partial charge < -0.3 is 10.3 Å². The molecule has 0 amide bonds. The molecule has 0 aliphatic rings. The first-order valence-electron chi connectivity index (χ1n) is 7.18. The number of rotatable bonds is 9. The molecular weight excluding hydrogens is 282 g/mol. The molecule has 0 heterocycles. The zero-order valence-corrected chi connectivity index (χ0v) is 12.6. The first-order valence-corrected chi connectivity index (χ1v) is 7.18. The highest BCUT2D eigenvalue weighted by atomic mass is 16.5. The number of aromatic carboxylic acids is 1. The smallest absolute Gasteiger partial charge is 0.335 e. The molecule has 1 rings (SSSR count). The summed E-state index contributed by atoms with van der Waals surface area (Å²) in [6.07, 6.45) is 10.8. The number of unbranched alkanes of at least 4 members (excludes halogenated alkanes) is 1. The summed E-state index contributed by atoms with van der Waals surface area (Å²) < 4.78 is 0. The lowest BCUT2D eigenvalue weighted by atomic mass is 10.2. The van der Waals surface area contributed by atoms with Crippen molar-refractivity contribution in [2.45, 2.75) is 26.2 Å². The zero-order chi connectivity index (χ0) is 16.2. The van der Waals surface area contributed by atoms with Crippen molar-refractivity contribution < 1.29 is 14.8 Å². The van der Waals surface area contributed by atoms with Gasteiger partial charge in [-0.15, -0.1) is 5.43 Å². The Balaban J connectivity index is 2.36. The first-order chi connectivity index (χ1) is 10.6. The molecule has 6 nitrogen and oxygen atoms in total. The SMILES string of the molecule is CCC/C=C/C/C=C/C/[N+]([O-])=N\Nc1ccc(C(=O)O)cc1. The van der Waals surface area contributed by atoms with Crippen molar-refractivity contribution in [2.75, 3.05) is 12.0 Å². The van der Waals surface area contributed by atoms with E-state index >= 15 is 0 Å². The van der Waals surface area contributed by atoms with Crippen molar-refractivity contribution in [1.82, 2.24) is 0 Å². The average Bonchev–Trinajstić information content (AvgIpc) is 2.52. The van der Waals surface area contributed by atoms with E-state index in [1.54, 1.807) is 18.2 Å². The summed E-state index contributed by atoms with van der Waals surface area (Å²) in [5.41, 5.74) is 3.31. The van der Waals surface area contributed by atoms with Crippen LogP contribution >= 0.6 is 0 Å². The van der Waals surface area contributed by atoms with Gasteiger partial charge in [-0.05, 0) is 43.2 Å². The number of hydrogen-bond acceptors (Lipinski definition) is 3. The van der Waals surface area contributed by atoms with Gasteiger partial charge >= 0.3 is 5.97 Å². The Kier molecular flexibility index (Phi) is 8.04. The fourth-order valence-electron chi connectivity index (χ4n) is 1.56. The predicted molar refractivity (Wildman–Crippen MR) is 85.8 cm³/mol. The standard InChI is InChI=1S/C16H21N3O3/c1-2-3-4-5-6-7-8-13-19(22)18-17-15-11-9-14(10-12-15)16(20)21/h4-5,7-12,17H,2-3,6,13H2,1H3,(H,20,21)/b5-4+,8-7+,19-18+. The minimum absolute atomic E-state index is 0.155. The van der Waals surface area contributed by atoms with Crippen LogP contribution in [0, 0.1) is 5.21 Å². The maximum atomic E-state index is 11.5. The molecule has 0 spiro atoms. The van der Waals surface area contributed by atoms with Gasteiger partial charge in [-0.1, -0.05) is 31.6 Å². The second-order valence-corrected chi connectivity index (χ2v) is 4.60. The number of anilines is 1. The summed E-state index contributed by atoms with van der Waals surface area (Å²) in [5, 5.41) is 23.8. The lowest BCUT2D eigenvalue weighted by Crippen LogP contribution is -2.04. The van der Waals surface area contributed by atoms with Gasteiger partial charge in [0.25, 0.3) is 0 Å². The second kappa shape index (κ2) is 10.1. The topological polar surface area (TPSA) is 87.8 Å². The van der Waals surface area contributed by atoms with Gasteiger partial charge in [0.05, 0.1) is 10.8 Å². The fourth-order valence-corrected chi connectivity index (χ4v) is 1.56. The molecule has 0 unspecified atom stereocenters. The average molecular weight is 303 g/mol. The molecule has 1 aromatic carbocycles. The number of nitrogens with one attached hydrogen (secondary N) is 1. The van der Waals surface area contributed by atoms with Gasteiger partial charge in [-0.2, -0.15) is 4.86 Å². The molecule has 0 fully saturated rings. The second-order valence-electron chi connectivity index (χ2n) is 4.60. The Labute approximate surface area is 130 Å². The van der Waals surface area contributed by atoms with Crippen LogP contribution in [-0.2, 0) is 0 Å². The van der Waals surface area contributed by atoms with Crippen LogP contribution < -0.4 is 5.43 Å². The normalized spacial score (nSPS) is 12.1. The maximum absolute atomic E-state index is 11.5. The van der Waals surface area contributed by atoms with Gasteiger partial charge in [0.1, 0.15) is 12.2 Å².